The van der Waals surface area contributed by atoms with Crippen molar-refractivity contribution in [2.45, 2.75) is 31.3 Å². The Balaban J connectivity index is 1.51. The van der Waals surface area contributed by atoms with Gasteiger partial charge in [0, 0.05) is 23.7 Å². The number of nitrogens with zero attached hydrogens (tertiary/aromatic N) is 4. The number of amides is 1. The molecule has 3 N–H and O–H groups in total. The molecule has 4 aromatic rings. The molecule has 1 aliphatic rings. The van der Waals surface area contributed by atoms with Crippen LogP contribution in [0.1, 0.15) is 25.3 Å². The average Bonchev–Trinajstić information content (AvgIpc) is 3.51. The summed E-state index contributed by atoms with van der Waals surface area (Å²) in [5.41, 5.74) is 6.50. The van der Waals surface area contributed by atoms with E-state index in [0.717, 1.165) is 12.1 Å². The van der Waals surface area contributed by atoms with Gasteiger partial charge in [0.1, 0.15) is 29.4 Å². The van der Waals surface area contributed by atoms with Crippen LogP contribution in [0.5, 0.6) is 11.5 Å². The maximum Gasteiger partial charge on any atom is 0.243 e. The van der Waals surface area contributed by atoms with Gasteiger partial charge in [0.15, 0.2) is 17.3 Å². The summed E-state index contributed by atoms with van der Waals surface area (Å²) >= 11 is 0. The summed E-state index contributed by atoms with van der Waals surface area (Å²) in [6, 6.07) is 2.90. The summed E-state index contributed by atoms with van der Waals surface area (Å²) in [6.45, 7) is 3.45. The van der Waals surface area contributed by atoms with E-state index in [1.807, 2.05) is 0 Å². The lowest BCUT2D eigenvalue weighted by Crippen LogP contribution is -2.31. The predicted molar refractivity (Wildman–Crippen MR) is 126 cm³/mol. The summed E-state index contributed by atoms with van der Waals surface area (Å²) in [5, 5.41) is 7.69. The van der Waals surface area contributed by atoms with E-state index in [9.17, 15) is 22.4 Å². The van der Waals surface area contributed by atoms with Gasteiger partial charge in [0.05, 0.1) is 11.4 Å². The molecule has 2 atom stereocenters. The van der Waals surface area contributed by atoms with Crippen LogP contribution in [-0.2, 0) is 4.79 Å². The molecule has 1 saturated carbocycles. The number of carbonyl (C=O) groups excluding carboxylic acids is 1. The van der Waals surface area contributed by atoms with Crippen molar-refractivity contribution < 1.29 is 31.5 Å². The smallest absolute Gasteiger partial charge is 0.243 e. The van der Waals surface area contributed by atoms with Crippen LogP contribution in [0.4, 0.5) is 27.8 Å². The monoisotopic (exact) mass is 530 g/mol. The van der Waals surface area contributed by atoms with Gasteiger partial charge in [-0.1, -0.05) is 6.58 Å². The van der Waals surface area contributed by atoms with Gasteiger partial charge in [-0.3, -0.25) is 4.79 Å². The molecule has 0 aliphatic heterocycles. The molecule has 2 aromatic carbocycles. The maximum absolute atomic E-state index is 15.3. The summed E-state index contributed by atoms with van der Waals surface area (Å²) in [6.07, 6.45) is 4.30. The highest BCUT2D eigenvalue weighted by Gasteiger charge is 2.31. The SMILES string of the molecule is C=CC(=O)N[C@@H]1CC[C@@H](n2nc(-c3ccc(Oc4c(F)c(F)cc(F)c4F)cc3F)c3c(N)ncnc32)C1. The lowest BCUT2D eigenvalue weighted by atomic mass is 10.1. The zero-order valence-corrected chi connectivity index (χ0v) is 19.5. The molecule has 0 spiro atoms. The highest BCUT2D eigenvalue weighted by molar-refractivity contribution is 5.98. The summed E-state index contributed by atoms with van der Waals surface area (Å²) in [5.74, 6) is -9.78. The number of nitrogens with one attached hydrogen (secondary N) is 1. The fourth-order valence-corrected chi connectivity index (χ4v) is 4.52. The van der Waals surface area contributed by atoms with Crippen LogP contribution < -0.4 is 15.8 Å². The van der Waals surface area contributed by atoms with E-state index in [1.165, 1.54) is 18.5 Å². The molecule has 8 nitrogen and oxygen atoms in total. The predicted octanol–water partition coefficient (Wildman–Crippen LogP) is 4.96. The number of hydrogen-bond acceptors (Lipinski definition) is 6. The fraction of sp³-hybridized carbons (Fsp3) is 0.200. The quantitative estimate of drug-likeness (QED) is 0.207. The summed E-state index contributed by atoms with van der Waals surface area (Å²) < 4.78 is 76.8. The standard InChI is InChI=1S/C25H19F5N6O2/c1-2-18(37)34-11-3-4-12(7-11)36-25-19(24(31)32-10-33-25)22(35-36)14-6-5-13(8-15(14)26)38-23-20(29)16(27)9-17(28)21(23)30/h2,5-6,8-12H,1,3-4,7H2,(H,34,37)(H2,31,32,33)/t11-,12-/m1/s1. The first-order valence-corrected chi connectivity index (χ1v) is 11.4. The summed E-state index contributed by atoms with van der Waals surface area (Å²) in [7, 11) is 0. The van der Waals surface area contributed by atoms with Gasteiger partial charge in [-0.05, 0) is 37.5 Å². The van der Waals surface area contributed by atoms with Crippen LogP contribution in [0.15, 0.2) is 43.2 Å². The zero-order valence-electron chi connectivity index (χ0n) is 19.5. The third-order valence-corrected chi connectivity index (χ3v) is 6.29. The normalized spacial score (nSPS) is 17.1. The first kappa shape index (κ1) is 25.1. The topological polar surface area (TPSA) is 108 Å². The molecular weight excluding hydrogens is 511 g/mol. The number of hydrogen-bond donors (Lipinski definition) is 2. The van der Waals surface area contributed by atoms with E-state index in [2.05, 4.69) is 27.0 Å². The second-order valence-electron chi connectivity index (χ2n) is 8.67. The Hall–Kier alpha value is -4.55. The molecule has 0 unspecified atom stereocenters. The van der Waals surface area contributed by atoms with Crippen molar-refractivity contribution in [2.24, 2.45) is 0 Å². The Labute approximate surface area is 211 Å². The average molecular weight is 530 g/mol. The Kier molecular flexibility index (Phi) is 6.43. The number of carbonyl (C=O) groups is 1. The Morgan fingerprint density at radius 2 is 1.82 bits per heavy atom. The molecule has 2 aromatic heterocycles. The highest BCUT2D eigenvalue weighted by Crippen LogP contribution is 2.39. The number of nitrogens with two attached hydrogens (primary N) is 1. The molecule has 2 heterocycles. The van der Waals surface area contributed by atoms with Gasteiger partial charge in [-0.2, -0.15) is 13.9 Å². The number of halogens is 5. The molecule has 196 valence electrons. The van der Waals surface area contributed by atoms with Crippen LogP contribution in [0.25, 0.3) is 22.3 Å². The van der Waals surface area contributed by atoms with Crippen LogP contribution in [0.3, 0.4) is 0 Å². The van der Waals surface area contributed by atoms with Gasteiger partial charge >= 0.3 is 0 Å². The second kappa shape index (κ2) is 9.72. The van der Waals surface area contributed by atoms with E-state index in [4.69, 9.17) is 10.5 Å². The first-order chi connectivity index (χ1) is 18.2. The van der Waals surface area contributed by atoms with Crippen molar-refractivity contribution in [1.82, 2.24) is 25.1 Å². The van der Waals surface area contributed by atoms with Gasteiger partial charge in [-0.25, -0.2) is 27.8 Å². The molecule has 5 rings (SSSR count). The molecule has 0 bridgehead atoms. The summed E-state index contributed by atoms with van der Waals surface area (Å²) in [4.78, 5) is 19.9. The van der Waals surface area contributed by atoms with E-state index in [-0.39, 0.29) is 46.5 Å². The van der Waals surface area contributed by atoms with E-state index in [0.29, 0.717) is 24.9 Å². The minimum Gasteiger partial charge on any atom is -0.451 e. The molecule has 0 saturated heterocycles. The number of aromatic nitrogens is 4. The number of rotatable bonds is 6. The van der Waals surface area contributed by atoms with Gasteiger partial charge in [0.25, 0.3) is 0 Å². The van der Waals surface area contributed by atoms with Crippen LogP contribution in [-0.4, -0.2) is 31.7 Å². The van der Waals surface area contributed by atoms with Gasteiger partial charge < -0.3 is 15.8 Å². The minimum absolute atomic E-state index is 0.0368. The van der Waals surface area contributed by atoms with E-state index < -0.39 is 40.6 Å². The van der Waals surface area contributed by atoms with E-state index >= 15 is 4.39 Å². The first-order valence-electron chi connectivity index (χ1n) is 11.4. The number of nitrogen functional groups attached to an aromatic ring is 1. The van der Waals surface area contributed by atoms with Crippen LogP contribution in [0, 0.1) is 29.1 Å². The lowest BCUT2D eigenvalue weighted by molar-refractivity contribution is -0.117. The largest absolute Gasteiger partial charge is 0.451 e. The fourth-order valence-electron chi connectivity index (χ4n) is 4.52. The molecule has 13 heteroatoms. The molecule has 1 amide bonds. The lowest BCUT2D eigenvalue weighted by Gasteiger charge is -2.13. The van der Waals surface area contributed by atoms with E-state index in [1.54, 1.807) is 4.68 Å². The maximum atomic E-state index is 15.3. The van der Waals surface area contributed by atoms with Crippen molar-refractivity contribution in [1.29, 1.82) is 0 Å². The third kappa shape index (κ3) is 4.40. The van der Waals surface area contributed by atoms with Crippen molar-refractivity contribution in [3.05, 3.63) is 72.3 Å². The molecule has 0 radical (unpaired) electrons. The number of anilines is 1. The van der Waals surface area contributed by atoms with Crippen molar-refractivity contribution >= 4 is 22.8 Å². The molecule has 1 aliphatic carbocycles. The van der Waals surface area contributed by atoms with Crippen molar-refractivity contribution in [2.75, 3.05) is 5.73 Å². The van der Waals surface area contributed by atoms with Gasteiger partial charge in [0.2, 0.25) is 23.3 Å². The Morgan fingerprint density at radius 3 is 2.50 bits per heavy atom. The Bertz CT molecular complexity index is 1560. The molecular formula is C25H19F5N6O2. The zero-order chi connectivity index (χ0) is 27.1. The van der Waals surface area contributed by atoms with Crippen molar-refractivity contribution in [3.63, 3.8) is 0 Å². The van der Waals surface area contributed by atoms with Crippen molar-refractivity contribution in [3.8, 4) is 22.8 Å². The number of ether oxygens (including phenoxy) is 1. The second-order valence-corrected chi connectivity index (χ2v) is 8.67. The Morgan fingerprint density at radius 1 is 1.08 bits per heavy atom. The molecule has 1 fully saturated rings. The number of fused-ring (bicyclic) bond motifs is 1. The molecule has 38 heavy (non-hydrogen) atoms. The van der Waals surface area contributed by atoms with Crippen LogP contribution in [0.2, 0.25) is 0 Å². The minimum atomic E-state index is -1.76. The van der Waals surface area contributed by atoms with Crippen LogP contribution >= 0.6 is 0 Å². The highest BCUT2D eigenvalue weighted by atomic mass is 19.2. The van der Waals surface area contributed by atoms with Gasteiger partial charge in [-0.15, -0.1) is 0 Å². The third-order valence-electron chi connectivity index (χ3n) is 6.29. The number of benzene rings is 2.